The number of hydrogen-bond acceptors (Lipinski definition) is 3. The van der Waals surface area contributed by atoms with Gasteiger partial charge in [0, 0.05) is 6.04 Å². The van der Waals surface area contributed by atoms with E-state index in [2.05, 4.69) is 44.8 Å². The molecule has 1 aliphatic rings. The predicted molar refractivity (Wildman–Crippen MR) is 84.6 cm³/mol. The summed E-state index contributed by atoms with van der Waals surface area (Å²) in [6, 6.07) is 0.314. The molecule has 1 fully saturated rings. The van der Waals surface area contributed by atoms with Crippen molar-refractivity contribution >= 4 is 5.91 Å². The number of carbonyl (C=O) groups is 1. The highest BCUT2D eigenvalue weighted by atomic mass is 16.2. The minimum absolute atomic E-state index is 0.149. The number of rotatable bonds is 8. The molecule has 20 heavy (non-hydrogen) atoms. The Morgan fingerprint density at radius 3 is 2.40 bits per heavy atom. The van der Waals surface area contributed by atoms with Crippen LogP contribution in [0.4, 0.5) is 0 Å². The normalized spacial score (nSPS) is 28.4. The van der Waals surface area contributed by atoms with Gasteiger partial charge in [-0.2, -0.15) is 0 Å². The molecule has 118 valence electrons. The molecule has 1 N–H and O–H groups in total. The fourth-order valence-corrected chi connectivity index (χ4v) is 3.18. The topological polar surface area (TPSA) is 35.6 Å². The number of carbonyl (C=O) groups excluding carboxylic acids is 1. The Bertz CT molecular complexity index is 317. The average molecular weight is 283 g/mol. The Kier molecular flexibility index (Phi) is 6.46. The van der Waals surface area contributed by atoms with E-state index >= 15 is 0 Å². The highest BCUT2D eigenvalue weighted by Crippen LogP contribution is 2.26. The first-order valence-corrected chi connectivity index (χ1v) is 8.22. The second-order valence-corrected chi connectivity index (χ2v) is 6.24. The van der Waals surface area contributed by atoms with E-state index in [1.54, 1.807) is 0 Å². The van der Waals surface area contributed by atoms with Gasteiger partial charge < -0.3 is 9.80 Å². The van der Waals surface area contributed by atoms with Gasteiger partial charge in [-0.05, 0) is 59.7 Å². The molecule has 1 aliphatic heterocycles. The Hall–Kier alpha value is -0.610. The molecule has 0 radical (unpaired) electrons. The van der Waals surface area contributed by atoms with Crippen molar-refractivity contribution in [3.63, 3.8) is 0 Å². The van der Waals surface area contributed by atoms with E-state index in [1.807, 2.05) is 11.8 Å². The average Bonchev–Trinajstić information content (AvgIpc) is 2.65. The van der Waals surface area contributed by atoms with Gasteiger partial charge in [0.25, 0.3) is 0 Å². The first-order valence-electron chi connectivity index (χ1n) is 8.22. The van der Waals surface area contributed by atoms with Gasteiger partial charge in [0.15, 0.2) is 0 Å². The van der Waals surface area contributed by atoms with Crippen LogP contribution in [0.5, 0.6) is 0 Å². The van der Waals surface area contributed by atoms with E-state index in [4.69, 9.17) is 0 Å². The number of hydrogen-bond donors (Lipinski definition) is 1. The molecule has 0 aliphatic carbocycles. The smallest absolute Gasteiger partial charge is 0.244 e. The molecule has 0 saturated carbocycles. The molecule has 1 saturated heterocycles. The predicted octanol–water partition coefficient (Wildman–Crippen LogP) is 2.44. The third-order valence-corrected chi connectivity index (χ3v) is 4.82. The summed E-state index contributed by atoms with van der Waals surface area (Å²) in [6.45, 7) is 16.1. The van der Waals surface area contributed by atoms with Gasteiger partial charge in [0.2, 0.25) is 5.91 Å². The van der Waals surface area contributed by atoms with Crippen LogP contribution in [0.1, 0.15) is 60.8 Å². The summed E-state index contributed by atoms with van der Waals surface area (Å²) < 4.78 is 0. The van der Waals surface area contributed by atoms with Crippen LogP contribution in [0, 0.1) is 0 Å². The summed E-state index contributed by atoms with van der Waals surface area (Å²) in [5.74, 6) is 0.267. The fourth-order valence-electron chi connectivity index (χ4n) is 3.18. The van der Waals surface area contributed by atoms with Gasteiger partial charge in [-0.15, -0.1) is 0 Å². The van der Waals surface area contributed by atoms with Crippen molar-refractivity contribution in [2.45, 2.75) is 78.6 Å². The quantitative estimate of drug-likeness (QED) is 0.743. The fraction of sp³-hybridized carbons (Fsp3) is 0.938. The van der Waals surface area contributed by atoms with Gasteiger partial charge in [-0.3, -0.25) is 10.1 Å². The zero-order valence-electron chi connectivity index (χ0n) is 14.2. The van der Waals surface area contributed by atoms with Gasteiger partial charge >= 0.3 is 0 Å². The van der Waals surface area contributed by atoms with Crippen molar-refractivity contribution in [3.8, 4) is 0 Å². The molecule has 1 rings (SSSR count). The minimum Gasteiger partial charge on any atom is -0.323 e. The molecule has 3 atom stereocenters. The first kappa shape index (κ1) is 17.4. The Labute approximate surface area is 124 Å². The molecule has 0 aromatic heterocycles. The first-order chi connectivity index (χ1) is 9.39. The largest absolute Gasteiger partial charge is 0.323 e. The molecule has 0 aromatic carbocycles. The Morgan fingerprint density at radius 2 is 1.95 bits per heavy atom. The van der Waals surface area contributed by atoms with Crippen LogP contribution in [0.3, 0.4) is 0 Å². The number of amides is 1. The van der Waals surface area contributed by atoms with Gasteiger partial charge in [0.1, 0.15) is 0 Å². The van der Waals surface area contributed by atoms with Crippen LogP contribution >= 0.6 is 0 Å². The lowest BCUT2D eigenvalue weighted by molar-refractivity contribution is -0.134. The monoisotopic (exact) mass is 283 g/mol. The third-order valence-electron chi connectivity index (χ3n) is 4.82. The van der Waals surface area contributed by atoms with Crippen molar-refractivity contribution in [1.82, 2.24) is 15.1 Å². The summed E-state index contributed by atoms with van der Waals surface area (Å²) >= 11 is 0. The van der Waals surface area contributed by atoms with Gasteiger partial charge in [-0.1, -0.05) is 20.8 Å². The molecule has 1 heterocycles. The summed E-state index contributed by atoms with van der Waals surface area (Å²) in [5.41, 5.74) is -0.369. The third kappa shape index (κ3) is 3.73. The van der Waals surface area contributed by atoms with Crippen molar-refractivity contribution < 1.29 is 4.79 Å². The van der Waals surface area contributed by atoms with Crippen molar-refractivity contribution in [1.29, 1.82) is 0 Å². The lowest BCUT2D eigenvalue weighted by Crippen LogP contribution is -2.44. The highest BCUT2D eigenvalue weighted by Gasteiger charge is 2.46. The Balaban J connectivity index is 2.51. The second-order valence-electron chi connectivity index (χ2n) is 6.24. The van der Waals surface area contributed by atoms with E-state index in [-0.39, 0.29) is 17.6 Å². The van der Waals surface area contributed by atoms with Crippen LogP contribution < -0.4 is 5.32 Å². The molecular formula is C16H33N3O. The zero-order chi connectivity index (χ0) is 15.3. The van der Waals surface area contributed by atoms with Crippen molar-refractivity contribution in [2.75, 3.05) is 19.6 Å². The number of nitrogens with one attached hydrogen (secondary N) is 1. The summed E-state index contributed by atoms with van der Waals surface area (Å²) in [7, 11) is 0. The summed E-state index contributed by atoms with van der Waals surface area (Å²) in [6.07, 6.45) is 3.23. The second kappa shape index (κ2) is 7.41. The molecular weight excluding hydrogens is 250 g/mol. The van der Waals surface area contributed by atoms with E-state index in [0.29, 0.717) is 6.04 Å². The maximum Gasteiger partial charge on any atom is 0.244 e. The maximum absolute atomic E-state index is 12.6. The molecule has 1 amide bonds. The van der Waals surface area contributed by atoms with Gasteiger partial charge in [0.05, 0.1) is 11.7 Å². The van der Waals surface area contributed by atoms with Gasteiger partial charge in [-0.25, -0.2) is 0 Å². The van der Waals surface area contributed by atoms with E-state index in [9.17, 15) is 4.79 Å². The van der Waals surface area contributed by atoms with Crippen LogP contribution in [0.2, 0.25) is 0 Å². The number of nitrogens with zero attached hydrogens (tertiary/aromatic N) is 2. The minimum atomic E-state index is -0.369. The molecule has 0 bridgehead atoms. The van der Waals surface area contributed by atoms with Crippen molar-refractivity contribution in [3.05, 3.63) is 0 Å². The zero-order valence-corrected chi connectivity index (χ0v) is 14.2. The van der Waals surface area contributed by atoms with Crippen LogP contribution in [-0.2, 0) is 4.79 Å². The molecule has 0 spiro atoms. The Morgan fingerprint density at radius 1 is 1.35 bits per heavy atom. The van der Waals surface area contributed by atoms with Crippen LogP contribution in [-0.4, -0.2) is 53.1 Å². The molecule has 0 aromatic rings. The molecule has 3 unspecified atom stereocenters. The lowest BCUT2D eigenvalue weighted by atomic mass is 9.98. The van der Waals surface area contributed by atoms with Crippen LogP contribution in [0.15, 0.2) is 0 Å². The van der Waals surface area contributed by atoms with E-state index < -0.39 is 0 Å². The molecule has 4 heteroatoms. The van der Waals surface area contributed by atoms with Crippen LogP contribution in [0.25, 0.3) is 0 Å². The highest BCUT2D eigenvalue weighted by molar-refractivity contribution is 5.88. The van der Waals surface area contributed by atoms with E-state index in [1.165, 1.54) is 0 Å². The summed E-state index contributed by atoms with van der Waals surface area (Å²) in [4.78, 5) is 17.1. The molecule has 4 nitrogen and oxygen atoms in total. The maximum atomic E-state index is 12.6. The summed E-state index contributed by atoms with van der Waals surface area (Å²) in [5, 5.41) is 3.45. The SMILES string of the molecule is CCN(CC)CCCC(C)N1C(=O)C(C)(CC)NC1C. The van der Waals surface area contributed by atoms with Crippen molar-refractivity contribution in [2.24, 2.45) is 0 Å². The van der Waals surface area contributed by atoms with E-state index in [0.717, 1.165) is 38.9 Å². The lowest BCUT2D eigenvalue weighted by Gasteiger charge is -2.29. The standard InChI is InChI=1S/C16H33N3O/c1-7-16(6)15(20)19(14(5)17-16)13(4)11-10-12-18(8-2)9-3/h13-14,17H,7-12H2,1-6H3.